The number of hydrogen-bond donors (Lipinski definition) is 0. The van der Waals surface area contributed by atoms with Gasteiger partial charge < -0.3 is 9.41 Å². The quantitative estimate of drug-likeness (QED) is 0.205. The van der Waals surface area contributed by atoms with Gasteiger partial charge in [0.05, 0.1) is 0 Å². The predicted molar refractivity (Wildman–Crippen MR) is 143 cm³/mol. The Morgan fingerprint density at radius 1 is 0.857 bits per heavy atom. The van der Waals surface area contributed by atoms with Crippen molar-refractivity contribution in [3.63, 3.8) is 0 Å². The zero-order chi connectivity index (χ0) is 22.2. The minimum absolute atomic E-state index is 0. The first kappa shape index (κ1) is 30.8. The molecule has 4 heteroatoms. The van der Waals surface area contributed by atoms with Crippen LogP contribution in [0.3, 0.4) is 0 Å². The topological polar surface area (TPSA) is 0 Å². The van der Waals surface area contributed by atoms with Crippen molar-refractivity contribution in [2.75, 3.05) is 0 Å². The van der Waals surface area contributed by atoms with Crippen molar-refractivity contribution in [3.8, 4) is 0 Å². The molecule has 0 fully saturated rings. The van der Waals surface area contributed by atoms with Gasteiger partial charge in [-0.3, -0.25) is 6.08 Å². The Morgan fingerprint density at radius 2 is 1.43 bits per heavy atom. The Morgan fingerprint density at radius 3 is 1.94 bits per heavy atom. The van der Waals surface area contributed by atoms with Gasteiger partial charge in [-0.2, -0.15) is 12.1 Å². The molecule has 0 bridgehead atoms. The van der Waals surface area contributed by atoms with Gasteiger partial charge in [-0.25, -0.2) is 11.6 Å². The van der Waals surface area contributed by atoms with E-state index in [1.807, 2.05) is 0 Å². The molecule has 1 aliphatic carbocycles. The summed E-state index contributed by atoms with van der Waals surface area (Å²) >= 11 is 0. The first-order valence-corrected chi connectivity index (χ1v) is 12.9. The van der Waals surface area contributed by atoms with E-state index in [1.165, 1.54) is 45.1 Å². The molecule has 35 heavy (non-hydrogen) atoms. The van der Waals surface area contributed by atoms with Crippen molar-refractivity contribution in [3.05, 3.63) is 121 Å². The fraction of sp³-hybridized carbons (Fsp3) is 0.194. The Kier molecular flexibility index (Phi) is 13.8. The van der Waals surface area contributed by atoms with Crippen LogP contribution >= 0.6 is 7.92 Å². The molecule has 0 heterocycles. The largest absolute Gasteiger partial charge is 4.00 e. The zero-order valence-electron chi connectivity index (χ0n) is 20.3. The van der Waals surface area contributed by atoms with Gasteiger partial charge in [0.15, 0.2) is 0 Å². The second kappa shape index (κ2) is 15.7. The van der Waals surface area contributed by atoms with Crippen molar-refractivity contribution < 1.29 is 31.1 Å². The van der Waals surface area contributed by atoms with Gasteiger partial charge in [0.25, 0.3) is 0 Å². The molecule has 4 aromatic rings. The first-order chi connectivity index (χ1) is 15.8. The van der Waals surface area contributed by atoms with Crippen LogP contribution in [0.4, 0.5) is 0 Å². The average molecular weight is 520 g/mol. The van der Waals surface area contributed by atoms with E-state index in [0.29, 0.717) is 0 Å². The molecule has 0 spiro atoms. The molecule has 0 N–H and O–H groups in total. The normalized spacial score (nSPS) is 12.5. The summed E-state index contributed by atoms with van der Waals surface area (Å²) in [4.78, 5) is 0. The third kappa shape index (κ3) is 8.14. The Bertz CT molecular complexity index is 1110. The monoisotopic (exact) mass is 520 g/mol. The smallest absolute Gasteiger partial charge is 1.00 e. The van der Waals surface area contributed by atoms with Crippen LogP contribution in [-0.4, -0.2) is 0 Å². The van der Waals surface area contributed by atoms with E-state index in [-0.39, 0.29) is 31.1 Å². The molecule has 5 rings (SSSR count). The molecule has 0 saturated carbocycles. The first-order valence-electron chi connectivity index (χ1n) is 11.6. The number of halogens is 2. The molecule has 0 aromatic heterocycles. The molecule has 0 radical (unpaired) electrons. The molecule has 1 atom stereocenters. The van der Waals surface area contributed by atoms with E-state index in [2.05, 4.69) is 129 Å². The van der Waals surface area contributed by atoms with Crippen molar-refractivity contribution >= 4 is 34.6 Å². The molecule has 178 valence electrons. The van der Waals surface area contributed by atoms with E-state index < -0.39 is 7.92 Å². The van der Waals surface area contributed by atoms with E-state index in [0.717, 1.165) is 12.3 Å². The second-order valence-electron chi connectivity index (χ2n) is 8.28. The predicted octanol–water partition coefficient (Wildman–Crippen LogP) is 1.43. The zero-order valence-corrected chi connectivity index (χ0v) is 22.8. The molecule has 0 nitrogen and oxygen atoms in total. The summed E-state index contributed by atoms with van der Waals surface area (Å²) in [7, 11) is -0.493. The van der Waals surface area contributed by atoms with Gasteiger partial charge in [0.2, 0.25) is 0 Å². The molecular weight excluding hydrogens is 489 g/mol. The summed E-state index contributed by atoms with van der Waals surface area (Å²) < 4.78 is 0. The van der Waals surface area contributed by atoms with Gasteiger partial charge in [-0.15, -0.1) is 46.8 Å². The fourth-order valence-electron chi connectivity index (χ4n) is 4.21. The SMILES string of the molecule is CCCC(C)C1=[C-]CC=C1.[F-].[F-].[Ti+4].c1ccc(P(c2ccccc2)c2cc3ccccc3[cH-]2)cc1. The van der Waals surface area contributed by atoms with Crippen molar-refractivity contribution in [1.82, 2.24) is 0 Å². The van der Waals surface area contributed by atoms with Crippen molar-refractivity contribution in [1.29, 1.82) is 0 Å². The molecule has 0 saturated heterocycles. The van der Waals surface area contributed by atoms with Crippen molar-refractivity contribution in [2.45, 2.75) is 33.1 Å². The number of allylic oxidation sites excluding steroid dienone is 4. The van der Waals surface area contributed by atoms with Crippen LogP contribution in [0.25, 0.3) is 10.8 Å². The number of hydrogen-bond acceptors (Lipinski definition) is 0. The summed E-state index contributed by atoms with van der Waals surface area (Å²) in [5.74, 6) is 0.726. The Hall–Kier alpha value is -2.25. The number of rotatable bonds is 6. The summed E-state index contributed by atoms with van der Waals surface area (Å²) in [6.07, 6.45) is 11.3. The molecule has 0 amide bonds. The second-order valence-corrected chi connectivity index (χ2v) is 10.5. The van der Waals surface area contributed by atoms with Crippen LogP contribution < -0.4 is 25.3 Å². The van der Waals surface area contributed by atoms with Crippen LogP contribution in [0, 0.1) is 12.0 Å². The van der Waals surface area contributed by atoms with Gasteiger partial charge in [0.1, 0.15) is 0 Å². The van der Waals surface area contributed by atoms with Gasteiger partial charge in [-0.05, 0) is 25.0 Å². The van der Waals surface area contributed by atoms with Crippen LogP contribution in [0.1, 0.15) is 33.1 Å². The van der Waals surface area contributed by atoms with Gasteiger partial charge in [0, 0.05) is 0 Å². The molecule has 1 aliphatic rings. The summed E-state index contributed by atoms with van der Waals surface area (Å²) in [5.41, 5.74) is 1.42. The maximum atomic E-state index is 3.35. The number of fused-ring (bicyclic) bond motifs is 1. The average Bonchev–Trinajstić information content (AvgIpc) is 3.52. The maximum Gasteiger partial charge on any atom is 4.00 e. The molecule has 4 aromatic carbocycles. The third-order valence-corrected chi connectivity index (χ3v) is 8.27. The van der Waals surface area contributed by atoms with Crippen LogP contribution in [0.2, 0.25) is 0 Å². The standard InChI is InChI=1S/C21H16P.C10H15.2FH.Ti/c1-3-11-19(12-4-1)22(20-13-5-2-6-14-20)21-15-17-9-7-8-10-18(17)16-21;1-3-6-9(2)10-7-4-5-8-10;;;/h1-16H;4,7,9H,3,5-6H2,1-2H3;2*1H;/q2*-1;;;+4/p-2. The van der Waals surface area contributed by atoms with Crippen LogP contribution in [0.15, 0.2) is 115 Å². The van der Waals surface area contributed by atoms with E-state index in [1.54, 1.807) is 0 Å². The van der Waals surface area contributed by atoms with E-state index in [4.69, 9.17) is 0 Å². The minimum atomic E-state index is -0.493. The van der Waals surface area contributed by atoms with E-state index in [9.17, 15) is 0 Å². The van der Waals surface area contributed by atoms with Gasteiger partial charge >= 0.3 is 21.7 Å². The molecule has 1 unspecified atom stereocenters. The van der Waals surface area contributed by atoms with Crippen molar-refractivity contribution in [2.24, 2.45) is 5.92 Å². The third-order valence-electron chi connectivity index (χ3n) is 5.86. The van der Waals surface area contributed by atoms with Crippen LogP contribution in [-0.2, 0) is 21.7 Å². The van der Waals surface area contributed by atoms with Crippen LogP contribution in [0.5, 0.6) is 0 Å². The van der Waals surface area contributed by atoms with E-state index >= 15 is 0 Å². The summed E-state index contributed by atoms with van der Waals surface area (Å²) in [5, 5.41) is 6.89. The Balaban J connectivity index is 0.000000407. The number of benzene rings is 3. The summed E-state index contributed by atoms with van der Waals surface area (Å²) in [6, 6.07) is 35.0. The molecule has 0 aliphatic heterocycles. The minimum Gasteiger partial charge on any atom is -1.00 e. The Labute approximate surface area is 224 Å². The van der Waals surface area contributed by atoms with Gasteiger partial charge in [-0.1, -0.05) is 92.9 Å². The molecular formula is C31H31F2PTi. The maximum absolute atomic E-state index is 3.35. The summed E-state index contributed by atoms with van der Waals surface area (Å²) in [6.45, 7) is 4.51. The fourth-order valence-corrected chi connectivity index (χ4v) is 6.58.